The normalized spacial score (nSPS) is 10.7. The second kappa shape index (κ2) is 6.57. The Hall–Kier alpha value is -2.75. The number of nitro groups is 1. The summed E-state index contributed by atoms with van der Waals surface area (Å²) in [6.07, 6.45) is 0. The second-order valence-corrected chi connectivity index (χ2v) is 4.70. The molecule has 0 aliphatic heterocycles. The molecule has 2 N–H and O–H groups in total. The topological polar surface area (TPSA) is 110 Å². The number of alkyl halides is 2. The average Bonchev–Trinajstić information content (AvgIpc) is 2.83. The van der Waals surface area contributed by atoms with Crippen molar-refractivity contribution >= 4 is 29.0 Å². The van der Waals surface area contributed by atoms with Crippen molar-refractivity contribution in [2.24, 2.45) is 0 Å². The number of nitrogens with zero attached hydrogens (tertiary/aromatic N) is 2. The number of rotatable bonds is 5. The van der Waals surface area contributed by atoms with Crippen LogP contribution in [0.4, 0.5) is 20.3 Å². The Balaban J connectivity index is 2.28. The molecule has 23 heavy (non-hydrogen) atoms. The lowest BCUT2D eigenvalue weighted by Crippen LogP contribution is -2.15. The number of hydrogen-bond acceptors (Lipinski definition) is 5. The molecule has 0 aliphatic rings. The summed E-state index contributed by atoms with van der Waals surface area (Å²) in [4.78, 5) is 21.8. The number of anilines is 1. The number of ether oxygens (including phenoxy) is 1. The first-order chi connectivity index (χ1) is 10.8. The smallest absolute Gasteiger partial charge is 0.387 e. The van der Waals surface area contributed by atoms with Crippen LogP contribution in [0.1, 0.15) is 16.1 Å². The SMILES string of the molecule is Cc1ccc(NC(=O)c2n[nH]c([N+](=O)[O-])c2Cl)c(OC(F)F)c1. The van der Waals surface area contributed by atoms with Gasteiger partial charge in [0.05, 0.1) is 5.69 Å². The summed E-state index contributed by atoms with van der Waals surface area (Å²) < 4.78 is 29.1. The molecule has 0 saturated heterocycles. The number of halogens is 3. The number of amides is 1. The minimum Gasteiger partial charge on any atom is -0.433 e. The number of carbonyl (C=O) groups excluding carboxylic acids is 1. The summed E-state index contributed by atoms with van der Waals surface area (Å²) in [7, 11) is 0. The molecule has 1 amide bonds. The van der Waals surface area contributed by atoms with Crippen molar-refractivity contribution in [1.82, 2.24) is 10.2 Å². The number of nitrogens with one attached hydrogen (secondary N) is 2. The molecule has 0 spiro atoms. The van der Waals surface area contributed by atoms with E-state index in [4.69, 9.17) is 11.6 Å². The third-order valence-corrected chi connectivity index (χ3v) is 3.05. The van der Waals surface area contributed by atoms with E-state index in [0.717, 1.165) is 0 Å². The van der Waals surface area contributed by atoms with Crippen molar-refractivity contribution in [3.05, 3.63) is 44.6 Å². The fourth-order valence-corrected chi connectivity index (χ4v) is 1.94. The zero-order chi connectivity index (χ0) is 17.1. The predicted octanol–water partition coefficient (Wildman–Crippen LogP) is 3.13. The van der Waals surface area contributed by atoms with Crippen LogP contribution in [-0.2, 0) is 0 Å². The fraction of sp³-hybridized carbons (Fsp3) is 0.167. The van der Waals surface area contributed by atoms with E-state index in [0.29, 0.717) is 5.56 Å². The zero-order valence-electron chi connectivity index (χ0n) is 11.5. The van der Waals surface area contributed by atoms with Gasteiger partial charge in [-0.3, -0.25) is 4.79 Å². The van der Waals surface area contributed by atoms with Crippen molar-refractivity contribution < 1.29 is 23.2 Å². The molecule has 0 unspecified atom stereocenters. The molecule has 0 radical (unpaired) electrons. The van der Waals surface area contributed by atoms with E-state index in [-0.39, 0.29) is 11.4 Å². The predicted molar refractivity (Wildman–Crippen MR) is 76.0 cm³/mol. The van der Waals surface area contributed by atoms with Gasteiger partial charge in [-0.15, -0.1) is 5.10 Å². The third-order valence-electron chi connectivity index (χ3n) is 2.69. The van der Waals surface area contributed by atoms with Crippen molar-refractivity contribution in [3.8, 4) is 5.75 Å². The van der Waals surface area contributed by atoms with E-state index in [1.807, 2.05) is 5.10 Å². The van der Waals surface area contributed by atoms with Crippen molar-refractivity contribution in [2.45, 2.75) is 13.5 Å². The van der Waals surface area contributed by atoms with Crippen LogP contribution < -0.4 is 10.1 Å². The van der Waals surface area contributed by atoms with Crippen LogP contribution in [0.15, 0.2) is 18.2 Å². The first kappa shape index (κ1) is 16.6. The summed E-state index contributed by atoms with van der Waals surface area (Å²) in [5.74, 6) is -1.82. The molecule has 1 aromatic heterocycles. The highest BCUT2D eigenvalue weighted by Gasteiger charge is 2.26. The lowest BCUT2D eigenvalue weighted by molar-refractivity contribution is -0.389. The first-order valence-electron chi connectivity index (χ1n) is 6.04. The van der Waals surface area contributed by atoms with Crippen LogP contribution in [0.25, 0.3) is 0 Å². The largest absolute Gasteiger partial charge is 0.433 e. The Morgan fingerprint density at radius 2 is 2.22 bits per heavy atom. The minimum absolute atomic E-state index is 0.0531. The Morgan fingerprint density at radius 3 is 2.78 bits per heavy atom. The molecule has 0 fully saturated rings. The molecule has 0 aliphatic carbocycles. The molecule has 11 heteroatoms. The molecular formula is C12H9ClF2N4O4. The maximum absolute atomic E-state index is 12.4. The van der Waals surface area contributed by atoms with Crippen LogP contribution in [0.3, 0.4) is 0 Å². The quantitative estimate of drug-likeness (QED) is 0.638. The molecule has 0 atom stereocenters. The van der Waals surface area contributed by atoms with Gasteiger partial charge in [0.2, 0.25) is 0 Å². The zero-order valence-corrected chi connectivity index (χ0v) is 12.2. The first-order valence-corrected chi connectivity index (χ1v) is 6.42. The summed E-state index contributed by atoms with van der Waals surface area (Å²) in [6.45, 7) is -1.43. The Morgan fingerprint density at radius 1 is 1.52 bits per heavy atom. The van der Waals surface area contributed by atoms with Gasteiger partial charge in [-0.25, -0.2) is 0 Å². The van der Waals surface area contributed by atoms with Gasteiger partial charge in [0.15, 0.2) is 10.7 Å². The van der Waals surface area contributed by atoms with Gasteiger partial charge in [0.1, 0.15) is 5.75 Å². The molecule has 2 rings (SSSR count). The van der Waals surface area contributed by atoms with Gasteiger partial charge in [-0.2, -0.15) is 8.78 Å². The number of hydrogen-bond donors (Lipinski definition) is 2. The number of aryl methyl sites for hydroxylation is 1. The Bertz CT molecular complexity index is 766. The van der Waals surface area contributed by atoms with Gasteiger partial charge >= 0.3 is 12.4 Å². The van der Waals surface area contributed by atoms with Gasteiger partial charge in [0.25, 0.3) is 5.91 Å². The van der Waals surface area contributed by atoms with Crippen molar-refractivity contribution in [3.63, 3.8) is 0 Å². The third kappa shape index (κ3) is 3.72. The van der Waals surface area contributed by atoms with Crippen LogP contribution in [0.2, 0.25) is 5.02 Å². The summed E-state index contributed by atoms with van der Waals surface area (Å²) >= 11 is 5.68. The number of benzene rings is 1. The van der Waals surface area contributed by atoms with Gasteiger partial charge < -0.3 is 20.2 Å². The number of carbonyl (C=O) groups is 1. The van der Waals surface area contributed by atoms with E-state index >= 15 is 0 Å². The highest BCUT2D eigenvalue weighted by molar-refractivity contribution is 6.35. The molecule has 1 aromatic carbocycles. The molecule has 0 saturated carbocycles. The molecule has 0 bridgehead atoms. The van der Waals surface area contributed by atoms with Gasteiger partial charge in [-0.05, 0) is 29.5 Å². The maximum Gasteiger partial charge on any atom is 0.387 e. The highest BCUT2D eigenvalue weighted by atomic mass is 35.5. The average molecular weight is 347 g/mol. The van der Waals surface area contributed by atoms with Gasteiger partial charge in [-0.1, -0.05) is 22.8 Å². The van der Waals surface area contributed by atoms with E-state index in [1.54, 1.807) is 13.0 Å². The van der Waals surface area contributed by atoms with E-state index in [1.165, 1.54) is 12.1 Å². The Kier molecular flexibility index (Phi) is 4.74. The van der Waals surface area contributed by atoms with Crippen molar-refractivity contribution in [2.75, 3.05) is 5.32 Å². The van der Waals surface area contributed by atoms with E-state index < -0.39 is 34.0 Å². The number of H-pyrrole nitrogens is 1. The maximum atomic E-state index is 12.4. The molecule has 8 nitrogen and oxygen atoms in total. The monoisotopic (exact) mass is 346 g/mol. The van der Waals surface area contributed by atoms with E-state index in [2.05, 4.69) is 15.2 Å². The van der Waals surface area contributed by atoms with E-state index in [9.17, 15) is 23.7 Å². The van der Waals surface area contributed by atoms with Crippen LogP contribution in [0, 0.1) is 17.0 Å². The molecule has 1 heterocycles. The van der Waals surface area contributed by atoms with Crippen LogP contribution in [-0.4, -0.2) is 27.6 Å². The number of aromatic amines is 1. The van der Waals surface area contributed by atoms with Crippen molar-refractivity contribution in [1.29, 1.82) is 0 Å². The summed E-state index contributed by atoms with van der Waals surface area (Å²) in [5.41, 5.74) is 0.136. The fourth-order valence-electron chi connectivity index (χ4n) is 1.70. The molecule has 2 aromatic rings. The lowest BCUT2D eigenvalue weighted by Gasteiger charge is -2.12. The lowest BCUT2D eigenvalue weighted by atomic mass is 10.2. The highest BCUT2D eigenvalue weighted by Crippen LogP contribution is 2.30. The Labute approximate surface area is 132 Å². The standard InChI is InChI=1S/C12H9ClF2N4O4/c1-5-2-3-6(7(4-5)23-12(14)15)16-11(20)9-8(13)10(18-17-9)19(21)22/h2-4,12H,1H3,(H,16,20)(H,17,18). The van der Waals surface area contributed by atoms with Crippen LogP contribution in [0.5, 0.6) is 5.75 Å². The summed E-state index contributed by atoms with van der Waals surface area (Å²) in [6, 6.07) is 4.21. The van der Waals surface area contributed by atoms with Gasteiger partial charge in [0, 0.05) is 0 Å². The molecule has 122 valence electrons. The second-order valence-electron chi connectivity index (χ2n) is 4.32. The number of aromatic nitrogens is 2. The summed E-state index contributed by atoms with van der Waals surface area (Å²) in [5, 5.41) is 17.9. The molecular weight excluding hydrogens is 338 g/mol. The van der Waals surface area contributed by atoms with Crippen LogP contribution >= 0.6 is 11.6 Å². The minimum atomic E-state index is -3.08.